The summed E-state index contributed by atoms with van der Waals surface area (Å²) in [6.45, 7) is 0. The summed E-state index contributed by atoms with van der Waals surface area (Å²) in [5.41, 5.74) is 8.83. The fourth-order valence-corrected chi connectivity index (χ4v) is 5.55. The largest absolute Gasteiger partial charge is 0.436 e. The smallest absolute Gasteiger partial charge is 0.227 e. The summed E-state index contributed by atoms with van der Waals surface area (Å²) in [5, 5.41) is 3.31. The molecule has 0 saturated carbocycles. The van der Waals surface area contributed by atoms with Crippen molar-refractivity contribution in [3.63, 3.8) is 0 Å². The molecule has 0 amide bonds. The third-order valence-corrected chi connectivity index (χ3v) is 7.55. The summed E-state index contributed by atoms with van der Waals surface area (Å²) < 4.78 is 5.98. The monoisotopic (exact) mass is 525 g/mol. The first-order valence-corrected chi connectivity index (χ1v) is 13.6. The molecule has 0 aliphatic carbocycles. The van der Waals surface area contributed by atoms with E-state index >= 15 is 0 Å². The number of fused-ring (bicyclic) bond motifs is 3. The number of nitrogens with zero attached hydrogens (tertiary/aromatic N) is 3. The van der Waals surface area contributed by atoms with Crippen molar-refractivity contribution in [2.75, 3.05) is 0 Å². The Morgan fingerprint density at radius 3 is 1.78 bits per heavy atom. The maximum atomic E-state index is 5.98. The van der Waals surface area contributed by atoms with Gasteiger partial charge in [0.2, 0.25) is 5.89 Å². The molecule has 0 unspecified atom stereocenters. The fourth-order valence-electron chi connectivity index (χ4n) is 5.55. The first-order valence-electron chi connectivity index (χ1n) is 13.6. The summed E-state index contributed by atoms with van der Waals surface area (Å²) >= 11 is 0. The van der Waals surface area contributed by atoms with Gasteiger partial charge in [-0.25, -0.2) is 15.0 Å². The highest BCUT2D eigenvalue weighted by Crippen LogP contribution is 2.37. The van der Waals surface area contributed by atoms with Crippen LogP contribution in [0.2, 0.25) is 0 Å². The van der Waals surface area contributed by atoms with Crippen molar-refractivity contribution < 1.29 is 4.42 Å². The minimum absolute atomic E-state index is 0.626. The molecule has 0 aliphatic rings. The van der Waals surface area contributed by atoms with Crippen LogP contribution in [0.3, 0.4) is 0 Å². The van der Waals surface area contributed by atoms with Gasteiger partial charge >= 0.3 is 0 Å². The Kier molecular flexibility index (Phi) is 5.42. The zero-order chi connectivity index (χ0) is 27.2. The van der Waals surface area contributed by atoms with Crippen LogP contribution in [0.15, 0.2) is 144 Å². The summed E-state index contributed by atoms with van der Waals surface area (Å²) in [6.07, 6.45) is 0. The van der Waals surface area contributed by atoms with E-state index in [1.165, 1.54) is 0 Å². The van der Waals surface area contributed by atoms with Crippen LogP contribution in [0.4, 0.5) is 0 Å². The molecule has 6 aromatic carbocycles. The Labute approximate surface area is 236 Å². The van der Waals surface area contributed by atoms with Gasteiger partial charge in [-0.15, -0.1) is 0 Å². The van der Waals surface area contributed by atoms with E-state index in [4.69, 9.17) is 14.4 Å². The van der Waals surface area contributed by atoms with Crippen LogP contribution >= 0.6 is 0 Å². The van der Waals surface area contributed by atoms with Crippen molar-refractivity contribution in [1.29, 1.82) is 0 Å². The molecule has 8 rings (SSSR count). The maximum Gasteiger partial charge on any atom is 0.227 e. The molecule has 4 nitrogen and oxygen atoms in total. The lowest BCUT2D eigenvalue weighted by Crippen LogP contribution is -1.96. The van der Waals surface area contributed by atoms with Crippen LogP contribution in [-0.4, -0.2) is 15.0 Å². The molecule has 0 N–H and O–H groups in total. The van der Waals surface area contributed by atoms with Crippen molar-refractivity contribution in [1.82, 2.24) is 15.0 Å². The number of aromatic nitrogens is 3. The van der Waals surface area contributed by atoms with Crippen molar-refractivity contribution in [3.05, 3.63) is 140 Å². The molecule has 2 aromatic heterocycles. The average molecular weight is 526 g/mol. The molecule has 0 saturated heterocycles. The number of hydrogen-bond acceptors (Lipinski definition) is 4. The summed E-state index contributed by atoms with van der Waals surface area (Å²) in [7, 11) is 0. The highest BCUT2D eigenvalue weighted by atomic mass is 16.3. The van der Waals surface area contributed by atoms with E-state index in [0.717, 1.165) is 72.1 Å². The number of benzene rings is 6. The molecule has 4 heteroatoms. The molecular weight excluding hydrogens is 502 g/mol. The molecule has 41 heavy (non-hydrogen) atoms. The van der Waals surface area contributed by atoms with Crippen LogP contribution < -0.4 is 0 Å². The molecule has 0 radical (unpaired) electrons. The normalized spacial score (nSPS) is 11.4. The Balaban J connectivity index is 1.25. The van der Waals surface area contributed by atoms with Gasteiger partial charge in [0.05, 0.1) is 11.2 Å². The van der Waals surface area contributed by atoms with Crippen LogP contribution in [0.1, 0.15) is 0 Å². The van der Waals surface area contributed by atoms with Crippen molar-refractivity contribution in [3.8, 4) is 45.2 Å². The predicted octanol–water partition coefficient (Wildman–Crippen LogP) is 9.59. The number of rotatable bonds is 4. The molecule has 0 atom stereocenters. The minimum Gasteiger partial charge on any atom is -0.436 e. The number of hydrogen-bond donors (Lipinski definition) is 0. The van der Waals surface area contributed by atoms with Gasteiger partial charge in [0.25, 0.3) is 0 Å². The standard InChI is InChI=1S/C37H23N3O/c1-2-10-25(11-3-1)35-31-14-6-7-15-32(31)38-36(40-35)30-23-22-27(28-12-4-5-13-29(28)30)24-18-20-26(21-19-24)37-39-33-16-8-9-17-34(33)41-37/h1-23H. The van der Waals surface area contributed by atoms with Crippen LogP contribution in [0, 0.1) is 0 Å². The van der Waals surface area contributed by atoms with Gasteiger partial charge in [0.1, 0.15) is 5.52 Å². The highest BCUT2D eigenvalue weighted by Gasteiger charge is 2.15. The fraction of sp³-hybridized carbons (Fsp3) is 0. The summed E-state index contributed by atoms with van der Waals surface area (Å²) in [6, 6.07) is 47.6. The van der Waals surface area contributed by atoms with Gasteiger partial charge in [-0.05, 0) is 58.3 Å². The van der Waals surface area contributed by atoms with E-state index < -0.39 is 0 Å². The number of para-hydroxylation sites is 3. The average Bonchev–Trinajstić information content (AvgIpc) is 3.49. The molecule has 192 valence electrons. The lowest BCUT2D eigenvalue weighted by Gasteiger charge is -2.13. The van der Waals surface area contributed by atoms with E-state index in [0.29, 0.717) is 5.89 Å². The molecule has 0 aliphatic heterocycles. The predicted molar refractivity (Wildman–Crippen MR) is 166 cm³/mol. The van der Waals surface area contributed by atoms with E-state index in [-0.39, 0.29) is 0 Å². The van der Waals surface area contributed by atoms with Crippen LogP contribution in [0.5, 0.6) is 0 Å². The van der Waals surface area contributed by atoms with Crippen molar-refractivity contribution in [2.24, 2.45) is 0 Å². The van der Waals surface area contributed by atoms with E-state index in [2.05, 4.69) is 89.9 Å². The minimum atomic E-state index is 0.626. The van der Waals surface area contributed by atoms with Crippen LogP contribution in [-0.2, 0) is 0 Å². The molecule has 8 aromatic rings. The Hall–Kier alpha value is -5.61. The van der Waals surface area contributed by atoms with Crippen molar-refractivity contribution >= 4 is 32.8 Å². The van der Waals surface area contributed by atoms with E-state index in [9.17, 15) is 0 Å². The van der Waals surface area contributed by atoms with Gasteiger partial charge in [0.15, 0.2) is 11.4 Å². The molecule has 0 spiro atoms. The molecule has 0 bridgehead atoms. The summed E-state index contributed by atoms with van der Waals surface area (Å²) in [4.78, 5) is 14.8. The second-order valence-electron chi connectivity index (χ2n) is 10.0. The molecule has 0 fully saturated rings. The lowest BCUT2D eigenvalue weighted by atomic mass is 9.94. The zero-order valence-corrected chi connectivity index (χ0v) is 22.0. The quantitative estimate of drug-likeness (QED) is 0.230. The summed E-state index contributed by atoms with van der Waals surface area (Å²) in [5.74, 6) is 1.34. The maximum absolute atomic E-state index is 5.98. The van der Waals surface area contributed by atoms with Gasteiger partial charge in [-0.2, -0.15) is 0 Å². The first kappa shape index (κ1) is 23.3. The third-order valence-electron chi connectivity index (χ3n) is 7.55. The molecular formula is C37H23N3O. The Morgan fingerprint density at radius 2 is 1.00 bits per heavy atom. The van der Waals surface area contributed by atoms with Gasteiger partial charge in [0, 0.05) is 22.1 Å². The van der Waals surface area contributed by atoms with Gasteiger partial charge in [-0.3, -0.25) is 0 Å². The Bertz CT molecular complexity index is 2170. The topological polar surface area (TPSA) is 51.8 Å². The third kappa shape index (κ3) is 4.05. The van der Waals surface area contributed by atoms with Gasteiger partial charge < -0.3 is 4.42 Å². The number of oxazole rings is 1. The second-order valence-corrected chi connectivity index (χ2v) is 10.0. The van der Waals surface area contributed by atoms with Gasteiger partial charge in [-0.1, -0.05) is 103 Å². The van der Waals surface area contributed by atoms with Crippen LogP contribution in [0.25, 0.3) is 78.0 Å². The zero-order valence-electron chi connectivity index (χ0n) is 22.0. The van der Waals surface area contributed by atoms with E-state index in [1.807, 2.05) is 54.6 Å². The Morgan fingerprint density at radius 1 is 0.390 bits per heavy atom. The lowest BCUT2D eigenvalue weighted by molar-refractivity contribution is 0.620. The SMILES string of the molecule is c1ccc(-c2nc(-c3ccc(-c4ccc(-c5nc6ccccc6o5)cc4)c4ccccc34)nc3ccccc23)cc1. The van der Waals surface area contributed by atoms with E-state index in [1.54, 1.807) is 0 Å². The highest BCUT2D eigenvalue weighted by molar-refractivity contribution is 6.05. The second kappa shape index (κ2) is 9.54. The molecule has 2 heterocycles. The van der Waals surface area contributed by atoms with Crippen molar-refractivity contribution in [2.45, 2.75) is 0 Å². The first-order chi connectivity index (χ1) is 20.3.